The van der Waals surface area contributed by atoms with E-state index < -0.39 is 0 Å². The standard InChI is InChI=1S/C23H23ClN2O3/c1-15-11-19(7-8-21(15)24)29-14-18-12-17(6-10-23(18)28-4)5-9-22(27)20-13-26(3)25-16(20)2/h5-13H,14H2,1-4H3/b9-5+. The molecule has 1 aromatic heterocycles. The topological polar surface area (TPSA) is 53.4 Å². The third-order valence-electron chi connectivity index (χ3n) is 4.53. The summed E-state index contributed by atoms with van der Waals surface area (Å²) in [5.41, 5.74) is 4.03. The predicted molar refractivity (Wildman–Crippen MR) is 115 cm³/mol. The lowest BCUT2D eigenvalue weighted by molar-refractivity contribution is 0.104. The van der Waals surface area contributed by atoms with Gasteiger partial charge in [0, 0.05) is 23.8 Å². The molecule has 0 saturated carbocycles. The second-order valence-electron chi connectivity index (χ2n) is 6.77. The normalized spacial score (nSPS) is 11.1. The van der Waals surface area contributed by atoms with Crippen molar-refractivity contribution < 1.29 is 14.3 Å². The number of hydrogen-bond donors (Lipinski definition) is 0. The van der Waals surface area contributed by atoms with E-state index in [4.69, 9.17) is 21.1 Å². The third-order valence-corrected chi connectivity index (χ3v) is 4.96. The molecule has 5 nitrogen and oxygen atoms in total. The molecule has 0 amide bonds. The highest BCUT2D eigenvalue weighted by Gasteiger charge is 2.10. The lowest BCUT2D eigenvalue weighted by atomic mass is 10.1. The number of hydrogen-bond acceptors (Lipinski definition) is 4. The van der Waals surface area contributed by atoms with E-state index in [0.29, 0.717) is 22.9 Å². The molecule has 29 heavy (non-hydrogen) atoms. The van der Waals surface area contributed by atoms with Crippen LogP contribution in [0.1, 0.15) is 32.7 Å². The maximum atomic E-state index is 12.4. The van der Waals surface area contributed by atoms with Crippen LogP contribution in [-0.2, 0) is 13.7 Å². The zero-order valence-electron chi connectivity index (χ0n) is 16.9. The van der Waals surface area contributed by atoms with Crippen LogP contribution in [0.3, 0.4) is 0 Å². The van der Waals surface area contributed by atoms with Gasteiger partial charge in [0.25, 0.3) is 0 Å². The van der Waals surface area contributed by atoms with Crippen molar-refractivity contribution in [3.63, 3.8) is 0 Å². The minimum Gasteiger partial charge on any atom is -0.496 e. The number of aryl methyl sites for hydroxylation is 3. The first-order chi connectivity index (χ1) is 13.9. The van der Waals surface area contributed by atoms with Gasteiger partial charge in [-0.2, -0.15) is 5.10 Å². The van der Waals surface area contributed by atoms with Crippen molar-refractivity contribution in [1.29, 1.82) is 0 Å². The number of halogens is 1. The fourth-order valence-electron chi connectivity index (χ4n) is 2.99. The van der Waals surface area contributed by atoms with Crippen LogP contribution in [0.4, 0.5) is 0 Å². The summed E-state index contributed by atoms with van der Waals surface area (Å²) in [6.45, 7) is 4.09. The Morgan fingerprint density at radius 1 is 1.21 bits per heavy atom. The van der Waals surface area contributed by atoms with Crippen LogP contribution in [0.15, 0.2) is 48.7 Å². The highest BCUT2D eigenvalue weighted by Crippen LogP contribution is 2.25. The number of rotatable bonds is 7. The molecule has 150 valence electrons. The minimum atomic E-state index is -0.0825. The molecule has 0 aliphatic rings. The quantitative estimate of drug-likeness (QED) is 0.398. The summed E-state index contributed by atoms with van der Waals surface area (Å²) in [6.07, 6.45) is 5.06. The minimum absolute atomic E-state index is 0.0825. The molecule has 0 radical (unpaired) electrons. The first kappa shape index (κ1) is 20.7. The van der Waals surface area contributed by atoms with Crippen molar-refractivity contribution >= 4 is 23.5 Å². The molecular weight excluding hydrogens is 388 g/mol. The lowest BCUT2D eigenvalue weighted by Gasteiger charge is -2.12. The van der Waals surface area contributed by atoms with E-state index in [2.05, 4.69) is 5.10 Å². The van der Waals surface area contributed by atoms with Gasteiger partial charge in [-0.3, -0.25) is 9.48 Å². The first-order valence-electron chi connectivity index (χ1n) is 9.16. The van der Waals surface area contributed by atoms with E-state index in [1.54, 1.807) is 37.2 Å². The summed E-state index contributed by atoms with van der Waals surface area (Å²) in [4.78, 5) is 12.4. The molecule has 0 fully saturated rings. The van der Waals surface area contributed by atoms with Gasteiger partial charge in [-0.25, -0.2) is 0 Å². The van der Waals surface area contributed by atoms with E-state index in [0.717, 1.165) is 28.2 Å². The summed E-state index contributed by atoms with van der Waals surface area (Å²) in [7, 11) is 3.42. The van der Waals surface area contributed by atoms with Crippen molar-refractivity contribution in [3.05, 3.63) is 81.6 Å². The van der Waals surface area contributed by atoms with Crippen LogP contribution in [0.25, 0.3) is 6.08 Å². The Bertz CT molecular complexity index is 1070. The van der Waals surface area contributed by atoms with Gasteiger partial charge >= 0.3 is 0 Å². The maximum absolute atomic E-state index is 12.4. The van der Waals surface area contributed by atoms with Crippen molar-refractivity contribution in [2.75, 3.05) is 7.11 Å². The third kappa shape index (κ3) is 5.06. The smallest absolute Gasteiger partial charge is 0.189 e. The van der Waals surface area contributed by atoms with Gasteiger partial charge in [-0.05, 0) is 61.4 Å². The zero-order valence-corrected chi connectivity index (χ0v) is 17.7. The number of carbonyl (C=O) groups is 1. The summed E-state index contributed by atoms with van der Waals surface area (Å²) in [5, 5.41) is 4.91. The summed E-state index contributed by atoms with van der Waals surface area (Å²) in [6, 6.07) is 11.3. The van der Waals surface area contributed by atoms with E-state index in [-0.39, 0.29) is 5.78 Å². The van der Waals surface area contributed by atoms with Crippen LogP contribution in [0.5, 0.6) is 11.5 Å². The molecule has 0 bridgehead atoms. The number of carbonyl (C=O) groups excluding carboxylic acids is 1. The second kappa shape index (κ2) is 8.97. The number of benzene rings is 2. The number of nitrogens with zero attached hydrogens (tertiary/aromatic N) is 2. The Labute approximate surface area is 175 Å². The zero-order chi connectivity index (χ0) is 21.0. The van der Waals surface area contributed by atoms with Crippen LogP contribution in [0.2, 0.25) is 5.02 Å². The van der Waals surface area contributed by atoms with Crippen LogP contribution >= 0.6 is 11.6 Å². The van der Waals surface area contributed by atoms with Crippen molar-refractivity contribution in [1.82, 2.24) is 9.78 Å². The molecule has 3 rings (SSSR count). The SMILES string of the molecule is COc1ccc(/C=C/C(=O)c2cn(C)nc2C)cc1COc1ccc(Cl)c(C)c1. The summed E-state index contributed by atoms with van der Waals surface area (Å²) < 4.78 is 13.0. The van der Waals surface area contributed by atoms with Gasteiger partial charge in [-0.1, -0.05) is 23.7 Å². The maximum Gasteiger partial charge on any atom is 0.189 e. The highest BCUT2D eigenvalue weighted by atomic mass is 35.5. The van der Waals surface area contributed by atoms with Crippen molar-refractivity contribution in [2.24, 2.45) is 7.05 Å². The molecule has 0 N–H and O–H groups in total. The number of methoxy groups -OCH3 is 1. The van der Waals surface area contributed by atoms with E-state index >= 15 is 0 Å². The van der Waals surface area contributed by atoms with E-state index in [1.165, 1.54) is 0 Å². The van der Waals surface area contributed by atoms with Gasteiger partial charge < -0.3 is 9.47 Å². The fraction of sp³-hybridized carbons (Fsp3) is 0.217. The number of aromatic nitrogens is 2. The summed E-state index contributed by atoms with van der Waals surface area (Å²) in [5.74, 6) is 1.38. The molecule has 3 aromatic rings. The van der Waals surface area contributed by atoms with Gasteiger partial charge in [-0.15, -0.1) is 0 Å². The molecule has 0 saturated heterocycles. The average Bonchev–Trinajstić information content (AvgIpc) is 3.05. The molecule has 2 aromatic carbocycles. The van der Waals surface area contributed by atoms with Crippen LogP contribution in [-0.4, -0.2) is 22.7 Å². The van der Waals surface area contributed by atoms with Crippen molar-refractivity contribution in [2.45, 2.75) is 20.5 Å². The Balaban J connectivity index is 1.76. The average molecular weight is 411 g/mol. The molecular formula is C23H23ClN2O3. The van der Waals surface area contributed by atoms with Gasteiger partial charge in [0.2, 0.25) is 0 Å². The predicted octanol–water partition coefficient (Wildman–Crippen LogP) is 5.17. The molecule has 0 aliphatic carbocycles. The molecule has 6 heteroatoms. The van der Waals surface area contributed by atoms with Gasteiger partial charge in [0.05, 0.1) is 18.4 Å². The second-order valence-corrected chi connectivity index (χ2v) is 7.18. The molecule has 0 aliphatic heterocycles. The fourth-order valence-corrected chi connectivity index (χ4v) is 3.10. The molecule has 0 atom stereocenters. The number of ketones is 1. The largest absolute Gasteiger partial charge is 0.496 e. The number of ether oxygens (including phenoxy) is 2. The lowest BCUT2D eigenvalue weighted by Crippen LogP contribution is -2.00. The molecule has 1 heterocycles. The van der Waals surface area contributed by atoms with Gasteiger partial charge in [0.1, 0.15) is 18.1 Å². The monoisotopic (exact) mass is 410 g/mol. The Kier molecular flexibility index (Phi) is 6.39. The van der Waals surface area contributed by atoms with Crippen LogP contribution < -0.4 is 9.47 Å². The number of allylic oxidation sites excluding steroid dienone is 1. The van der Waals surface area contributed by atoms with Crippen molar-refractivity contribution in [3.8, 4) is 11.5 Å². The van der Waals surface area contributed by atoms with Crippen LogP contribution in [0, 0.1) is 13.8 Å². The highest BCUT2D eigenvalue weighted by molar-refractivity contribution is 6.31. The summed E-state index contributed by atoms with van der Waals surface area (Å²) >= 11 is 6.07. The Morgan fingerprint density at radius 3 is 2.66 bits per heavy atom. The molecule has 0 spiro atoms. The van der Waals surface area contributed by atoms with Gasteiger partial charge in [0.15, 0.2) is 5.78 Å². The van der Waals surface area contributed by atoms with E-state index in [9.17, 15) is 4.79 Å². The first-order valence-corrected chi connectivity index (χ1v) is 9.53. The Hall–Kier alpha value is -3.05. The molecule has 0 unspecified atom stereocenters. The Morgan fingerprint density at radius 2 is 2.00 bits per heavy atom. The van der Waals surface area contributed by atoms with E-state index in [1.807, 2.05) is 50.2 Å².